The minimum absolute atomic E-state index is 1.05. The summed E-state index contributed by atoms with van der Waals surface area (Å²) in [4.78, 5) is 4.64. The summed E-state index contributed by atoms with van der Waals surface area (Å²) in [5.41, 5.74) is 1.06. The molecule has 4 aromatic rings. The summed E-state index contributed by atoms with van der Waals surface area (Å²) in [6.07, 6.45) is 0. The Morgan fingerprint density at radius 2 is 1.68 bits per heavy atom. The third-order valence-corrected chi connectivity index (χ3v) is 5.85. The fraction of sp³-hybridized carbons (Fsp3) is 0. The third-order valence-electron chi connectivity index (χ3n) is 2.80. The molecular weight excluding hydrogens is 292 g/mol. The summed E-state index contributed by atoms with van der Waals surface area (Å²) < 4.78 is 8.04. The Kier molecular flexibility index (Phi) is 2.76. The van der Waals surface area contributed by atoms with Crippen molar-refractivity contribution in [3.63, 3.8) is 0 Å². The predicted octanol–water partition coefficient (Wildman–Crippen LogP) is 5.06. The van der Waals surface area contributed by atoms with Crippen LogP contribution in [0.3, 0.4) is 0 Å². The molecule has 0 aliphatic heterocycles. The van der Waals surface area contributed by atoms with Crippen LogP contribution in [0.25, 0.3) is 20.3 Å². The quantitative estimate of drug-likeness (QED) is 0.517. The van der Waals surface area contributed by atoms with E-state index in [4.69, 9.17) is 0 Å². The molecule has 0 saturated carbocycles. The van der Waals surface area contributed by atoms with Gasteiger partial charge in [0.1, 0.15) is 5.03 Å². The number of thiazole rings is 1. The highest BCUT2D eigenvalue weighted by Gasteiger charge is 2.10. The van der Waals surface area contributed by atoms with Crippen molar-refractivity contribution in [2.24, 2.45) is 0 Å². The lowest BCUT2D eigenvalue weighted by atomic mass is 10.3. The van der Waals surface area contributed by atoms with Gasteiger partial charge >= 0.3 is 0 Å². The Labute approximate surface area is 122 Å². The van der Waals surface area contributed by atoms with Gasteiger partial charge in [-0.15, -0.1) is 11.3 Å². The number of benzene rings is 2. The fourth-order valence-corrected chi connectivity index (χ4v) is 4.89. The smallest absolute Gasteiger partial charge is 0.157 e. The van der Waals surface area contributed by atoms with Crippen LogP contribution in [0.5, 0.6) is 0 Å². The first-order chi connectivity index (χ1) is 9.40. The molecule has 0 fully saturated rings. The summed E-state index contributed by atoms with van der Waals surface area (Å²) in [5, 5.41) is 2.27. The van der Waals surface area contributed by atoms with Crippen LogP contribution in [-0.2, 0) is 0 Å². The monoisotopic (exact) mass is 300 g/mol. The first kappa shape index (κ1) is 11.4. The number of rotatable bonds is 2. The van der Waals surface area contributed by atoms with E-state index in [0.29, 0.717) is 0 Å². The molecule has 0 radical (unpaired) electrons. The van der Waals surface area contributed by atoms with E-state index >= 15 is 0 Å². The van der Waals surface area contributed by atoms with Gasteiger partial charge in [0.25, 0.3) is 0 Å². The van der Waals surface area contributed by atoms with E-state index in [1.807, 2.05) is 18.2 Å². The number of hydrogen-bond donors (Lipinski definition) is 0. The fourth-order valence-electron chi connectivity index (χ4n) is 1.91. The molecule has 0 amide bonds. The zero-order valence-electron chi connectivity index (χ0n) is 9.74. The van der Waals surface area contributed by atoms with Gasteiger partial charge < -0.3 is 0 Å². The van der Waals surface area contributed by atoms with Crippen molar-refractivity contribution in [3.05, 3.63) is 48.5 Å². The Morgan fingerprint density at radius 1 is 0.895 bits per heavy atom. The largest absolute Gasteiger partial charge is 0.229 e. The van der Waals surface area contributed by atoms with Crippen molar-refractivity contribution in [2.45, 2.75) is 9.37 Å². The molecule has 5 heteroatoms. The van der Waals surface area contributed by atoms with Crippen LogP contribution >= 0.6 is 34.6 Å². The van der Waals surface area contributed by atoms with Crippen molar-refractivity contribution >= 4 is 54.9 Å². The van der Waals surface area contributed by atoms with Crippen LogP contribution in [0.2, 0.25) is 0 Å². The summed E-state index contributed by atoms with van der Waals surface area (Å²) in [7, 11) is 0. The van der Waals surface area contributed by atoms with E-state index < -0.39 is 0 Å². The van der Waals surface area contributed by atoms with Gasteiger partial charge in [-0.3, -0.25) is 0 Å². The molecule has 4 rings (SSSR count). The van der Waals surface area contributed by atoms with Crippen LogP contribution < -0.4 is 0 Å². The molecule has 0 aliphatic rings. The van der Waals surface area contributed by atoms with E-state index in [2.05, 4.69) is 39.7 Å². The van der Waals surface area contributed by atoms with Gasteiger partial charge in [0.05, 0.1) is 14.9 Å². The molecule has 92 valence electrons. The van der Waals surface area contributed by atoms with Gasteiger partial charge in [-0.2, -0.15) is 4.37 Å². The number of para-hydroxylation sites is 1. The molecule has 2 heterocycles. The van der Waals surface area contributed by atoms with Gasteiger partial charge in [-0.25, -0.2) is 4.98 Å². The van der Waals surface area contributed by atoms with Crippen LogP contribution in [0, 0.1) is 0 Å². The van der Waals surface area contributed by atoms with Crippen molar-refractivity contribution in [1.82, 2.24) is 9.36 Å². The van der Waals surface area contributed by atoms with E-state index in [9.17, 15) is 0 Å². The summed E-state index contributed by atoms with van der Waals surface area (Å²) >= 11 is 4.92. The first-order valence-electron chi connectivity index (χ1n) is 5.78. The maximum atomic E-state index is 4.64. The lowest BCUT2D eigenvalue weighted by molar-refractivity contribution is 1.27. The average molecular weight is 300 g/mol. The molecule has 2 nitrogen and oxygen atoms in total. The second-order valence-electron chi connectivity index (χ2n) is 4.03. The average Bonchev–Trinajstić information content (AvgIpc) is 3.03. The van der Waals surface area contributed by atoms with Crippen LogP contribution in [0.4, 0.5) is 0 Å². The van der Waals surface area contributed by atoms with E-state index in [1.54, 1.807) is 34.6 Å². The Balaban J connectivity index is 1.78. The lowest BCUT2D eigenvalue weighted by Crippen LogP contribution is -1.72. The van der Waals surface area contributed by atoms with Crippen LogP contribution in [0.15, 0.2) is 57.9 Å². The second kappa shape index (κ2) is 4.59. The maximum Gasteiger partial charge on any atom is 0.157 e. The van der Waals surface area contributed by atoms with Crippen LogP contribution in [-0.4, -0.2) is 9.36 Å². The SMILES string of the molecule is c1ccc2sc(Sc3nsc4ccccc34)nc2c1. The summed E-state index contributed by atoms with van der Waals surface area (Å²) in [6.45, 7) is 0. The maximum absolute atomic E-state index is 4.64. The molecule has 2 aromatic carbocycles. The number of aromatic nitrogens is 2. The van der Waals surface area contributed by atoms with Crippen molar-refractivity contribution < 1.29 is 0 Å². The highest BCUT2D eigenvalue weighted by molar-refractivity contribution is 8.01. The molecular formula is C14H8N2S3. The van der Waals surface area contributed by atoms with Crippen molar-refractivity contribution in [3.8, 4) is 0 Å². The van der Waals surface area contributed by atoms with Gasteiger partial charge in [0.15, 0.2) is 4.34 Å². The zero-order chi connectivity index (χ0) is 12.7. The first-order valence-corrected chi connectivity index (χ1v) is 8.19. The zero-order valence-corrected chi connectivity index (χ0v) is 12.2. The summed E-state index contributed by atoms with van der Waals surface area (Å²) in [6, 6.07) is 16.6. The molecule has 2 aromatic heterocycles. The number of nitrogens with zero attached hydrogens (tertiary/aromatic N) is 2. The highest BCUT2D eigenvalue weighted by Crippen LogP contribution is 2.38. The molecule has 0 atom stereocenters. The Hall–Kier alpha value is -1.43. The number of hydrogen-bond acceptors (Lipinski definition) is 5. The van der Waals surface area contributed by atoms with Crippen LogP contribution in [0.1, 0.15) is 0 Å². The molecule has 0 bridgehead atoms. The minimum atomic E-state index is 1.05. The minimum Gasteiger partial charge on any atom is -0.229 e. The predicted molar refractivity (Wildman–Crippen MR) is 83.4 cm³/mol. The van der Waals surface area contributed by atoms with Crippen molar-refractivity contribution in [2.75, 3.05) is 0 Å². The molecule has 0 unspecified atom stereocenters. The van der Waals surface area contributed by atoms with Gasteiger partial charge in [0.2, 0.25) is 0 Å². The topological polar surface area (TPSA) is 25.8 Å². The van der Waals surface area contributed by atoms with E-state index in [1.165, 1.54) is 14.8 Å². The second-order valence-corrected chi connectivity index (χ2v) is 7.11. The van der Waals surface area contributed by atoms with Gasteiger partial charge in [-0.05, 0) is 41.5 Å². The van der Waals surface area contributed by atoms with E-state index in [0.717, 1.165) is 14.9 Å². The molecule has 0 spiro atoms. The molecule has 0 saturated heterocycles. The molecule has 0 N–H and O–H groups in total. The standard InChI is InChI=1S/C14H8N2S3/c1-3-7-11-9(5-1)13(16-19-11)18-14-15-10-6-2-4-8-12(10)17-14/h1-8H. The Bertz CT molecular complexity index is 830. The normalized spacial score (nSPS) is 11.4. The van der Waals surface area contributed by atoms with E-state index in [-0.39, 0.29) is 0 Å². The number of fused-ring (bicyclic) bond motifs is 2. The highest BCUT2D eigenvalue weighted by atomic mass is 32.2. The molecule has 19 heavy (non-hydrogen) atoms. The van der Waals surface area contributed by atoms with Crippen molar-refractivity contribution in [1.29, 1.82) is 0 Å². The summed E-state index contributed by atoms with van der Waals surface area (Å²) in [5.74, 6) is 0. The lowest BCUT2D eigenvalue weighted by Gasteiger charge is -1.92. The van der Waals surface area contributed by atoms with Gasteiger partial charge in [-0.1, -0.05) is 30.3 Å². The third kappa shape index (κ3) is 2.04. The Morgan fingerprint density at radius 3 is 2.58 bits per heavy atom. The molecule has 0 aliphatic carbocycles. The van der Waals surface area contributed by atoms with Gasteiger partial charge in [0, 0.05) is 5.39 Å².